The van der Waals surface area contributed by atoms with E-state index >= 15 is 0 Å². The summed E-state index contributed by atoms with van der Waals surface area (Å²) in [7, 11) is 0. The van der Waals surface area contributed by atoms with Crippen molar-refractivity contribution < 1.29 is 19.3 Å². The average Bonchev–Trinajstić information content (AvgIpc) is 3.11. The summed E-state index contributed by atoms with van der Waals surface area (Å²) in [6, 6.07) is 0. The van der Waals surface area contributed by atoms with Gasteiger partial charge >= 0.3 is 0 Å². The van der Waals surface area contributed by atoms with Gasteiger partial charge in [0.05, 0.1) is 43.2 Å². The Balaban J connectivity index is 1.28. The molecule has 3 heterocycles. The van der Waals surface area contributed by atoms with Crippen molar-refractivity contribution in [1.82, 2.24) is 0 Å². The second-order valence-corrected chi connectivity index (χ2v) is 8.14. The molecule has 0 aromatic rings. The summed E-state index contributed by atoms with van der Waals surface area (Å²) >= 11 is 0. The predicted molar refractivity (Wildman–Crippen MR) is 102 cm³/mol. The number of hydrogen-bond donors (Lipinski definition) is 1. The van der Waals surface area contributed by atoms with Crippen LogP contribution in [0.1, 0.15) is 84.0 Å². The Morgan fingerprint density at radius 3 is 2.50 bits per heavy atom. The zero-order chi connectivity index (χ0) is 18.2. The number of hydrogen-bond acceptors (Lipinski definition) is 4. The van der Waals surface area contributed by atoms with Crippen molar-refractivity contribution in [1.29, 1.82) is 0 Å². The van der Waals surface area contributed by atoms with E-state index in [2.05, 4.69) is 18.8 Å². The number of epoxide rings is 1. The molecule has 3 rings (SSSR count). The molecule has 3 saturated heterocycles. The van der Waals surface area contributed by atoms with Crippen LogP contribution < -0.4 is 0 Å². The Labute approximate surface area is 159 Å². The molecular weight excluding hydrogens is 328 g/mol. The van der Waals surface area contributed by atoms with Crippen molar-refractivity contribution in [2.45, 2.75) is 121 Å². The van der Waals surface area contributed by atoms with Gasteiger partial charge in [-0.15, -0.1) is 11.8 Å². The van der Waals surface area contributed by atoms with E-state index in [9.17, 15) is 5.11 Å². The van der Waals surface area contributed by atoms with Crippen LogP contribution in [0.2, 0.25) is 0 Å². The van der Waals surface area contributed by atoms with Gasteiger partial charge < -0.3 is 19.3 Å². The van der Waals surface area contributed by atoms with Crippen molar-refractivity contribution >= 4 is 0 Å². The third-order valence-corrected chi connectivity index (χ3v) is 5.84. The highest BCUT2D eigenvalue weighted by Crippen LogP contribution is 2.35. The molecule has 0 bridgehead atoms. The second-order valence-electron chi connectivity index (χ2n) is 8.14. The number of ether oxygens (including phenoxy) is 3. The number of aliphatic hydroxyl groups excluding tert-OH is 1. The first-order chi connectivity index (χ1) is 12.8. The third kappa shape index (κ3) is 6.53. The van der Waals surface area contributed by atoms with Crippen molar-refractivity contribution in [2.24, 2.45) is 0 Å². The summed E-state index contributed by atoms with van der Waals surface area (Å²) in [4.78, 5) is 0. The van der Waals surface area contributed by atoms with E-state index in [1.165, 1.54) is 32.1 Å². The van der Waals surface area contributed by atoms with E-state index in [0.717, 1.165) is 45.1 Å². The van der Waals surface area contributed by atoms with Crippen molar-refractivity contribution in [3.05, 3.63) is 0 Å². The molecule has 3 fully saturated rings. The second kappa shape index (κ2) is 10.7. The van der Waals surface area contributed by atoms with Crippen LogP contribution in [0.3, 0.4) is 0 Å². The molecule has 0 aromatic carbocycles. The summed E-state index contributed by atoms with van der Waals surface area (Å²) in [5.41, 5.74) is 0. The van der Waals surface area contributed by atoms with Crippen LogP contribution in [0, 0.1) is 11.8 Å². The van der Waals surface area contributed by atoms with E-state index in [1.807, 2.05) is 0 Å². The van der Waals surface area contributed by atoms with Crippen LogP contribution >= 0.6 is 0 Å². The fraction of sp³-hybridized carbons (Fsp3) is 0.909. The third-order valence-electron chi connectivity index (χ3n) is 5.84. The molecular formula is C22H36O4. The molecule has 0 radical (unpaired) electrons. The lowest BCUT2D eigenvalue weighted by atomic mass is 10.0. The Bertz CT molecular complexity index is 464. The van der Waals surface area contributed by atoms with Crippen LogP contribution in [0.4, 0.5) is 0 Å². The Morgan fingerprint density at radius 2 is 1.69 bits per heavy atom. The molecule has 3 aliphatic rings. The van der Waals surface area contributed by atoms with Gasteiger partial charge in [-0.05, 0) is 32.1 Å². The molecule has 6 atom stereocenters. The van der Waals surface area contributed by atoms with E-state index in [-0.39, 0.29) is 18.3 Å². The summed E-state index contributed by atoms with van der Waals surface area (Å²) < 4.78 is 17.6. The molecule has 1 N–H and O–H groups in total. The number of unbranched alkanes of at least 4 members (excludes halogenated alkanes) is 5. The van der Waals surface area contributed by atoms with Gasteiger partial charge in [-0.25, -0.2) is 0 Å². The van der Waals surface area contributed by atoms with Crippen LogP contribution in [-0.2, 0) is 14.2 Å². The molecule has 0 aromatic heterocycles. The molecule has 0 spiro atoms. The fourth-order valence-electron chi connectivity index (χ4n) is 4.14. The van der Waals surface area contributed by atoms with Gasteiger partial charge in [0.25, 0.3) is 0 Å². The van der Waals surface area contributed by atoms with Gasteiger partial charge in [-0.3, -0.25) is 0 Å². The minimum atomic E-state index is -0.468. The Morgan fingerprint density at radius 1 is 0.923 bits per heavy atom. The molecule has 4 heteroatoms. The van der Waals surface area contributed by atoms with Crippen molar-refractivity contribution in [3.63, 3.8) is 0 Å². The minimum absolute atomic E-state index is 0.0757. The Hall–Kier alpha value is -0.600. The highest BCUT2D eigenvalue weighted by molar-refractivity contribution is 5.02. The van der Waals surface area contributed by atoms with Gasteiger partial charge in [-0.1, -0.05) is 32.6 Å². The first kappa shape index (κ1) is 20.1. The van der Waals surface area contributed by atoms with E-state index < -0.39 is 6.10 Å². The van der Waals surface area contributed by atoms with Crippen LogP contribution in [0.25, 0.3) is 0 Å². The highest BCUT2D eigenvalue weighted by atomic mass is 16.6. The largest absolute Gasteiger partial charge is 0.389 e. The zero-order valence-electron chi connectivity index (χ0n) is 16.3. The topological polar surface area (TPSA) is 51.2 Å². The lowest BCUT2D eigenvalue weighted by molar-refractivity contribution is -0.0920. The van der Waals surface area contributed by atoms with E-state index in [4.69, 9.17) is 14.2 Å². The quantitative estimate of drug-likeness (QED) is 0.362. The summed E-state index contributed by atoms with van der Waals surface area (Å²) in [6.45, 7) is 3.13. The molecule has 26 heavy (non-hydrogen) atoms. The lowest BCUT2D eigenvalue weighted by Crippen LogP contribution is -2.31. The van der Waals surface area contributed by atoms with Gasteiger partial charge in [-0.2, -0.15) is 0 Å². The highest BCUT2D eigenvalue weighted by Gasteiger charge is 2.40. The molecule has 4 nitrogen and oxygen atoms in total. The van der Waals surface area contributed by atoms with E-state index in [1.54, 1.807) is 0 Å². The van der Waals surface area contributed by atoms with Crippen LogP contribution in [0.5, 0.6) is 0 Å². The number of rotatable bonds is 10. The van der Waals surface area contributed by atoms with Gasteiger partial charge in [0.15, 0.2) is 0 Å². The number of aliphatic hydroxyl groups is 1. The maximum atomic E-state index is 10.4. The molecule has 148 valence electrons. The summed E-state index contributed by atoms with van der Waals surface area (Å²) in [5, 5.41) is 10.4. The normalized spacial score (nSPS) is 34.5. The monoisotopic (exact) mass is 364 g/mol. The average molecular weight is 365 g/mol. The predicted octanol–water partition coefficient (Wildman–Crippen LogP) is 3.99. The van der Waals surface area contributed by atoms with Gasteiger partial charge in [0, 0.05) is 19.3 Å². The van der Waals surface area contributed by atoms with Crippen molar-refractivity contribution in [3.8, 4) is 11.8 Å². The standard InChI is InChI=1S/C22H36O4/c1-2-3-4-5-6-7-8-9-10-19(23)20-13-14-22(26-20)21-12-11-17(25-21)15-18-16-24-18/h17-23H,2-7,10-16H2,1H3/t17-,18-,19-,20-,21-,22-/m1/s1. The van der Waals surface area contributed by atoms with Crippen LogP contribution in [-0.4, -0.2) is 48.3 Å². The van der Waals surface area contributed by atoms with Crippen LogP contribution in [0.15, 0.2) is 0 Å². The molecule has 0 amide bonds. The maximum absolute atomic E-state index is 10.4. The fourth-order valence-corrected chi connectivity index (χ4v) is 4.14. The SMILES string of the molecule is CCCCCCCC#CC[C@@H](O)[C@H]1CC[C@H]([C@H]2CC[C@H](C[C@@H]3CO3)O2)O1. The molecule has 0 unspecified atom stereocenters. The first-order valence-corrected chi connectivity index (χ1v) is 10.8. The Kier molecular flexibility index (Phi) is 8.26. The van der Waals surface area contributed by atoms with Gasteiger partial charge in [0.2, 0.25) is 0 Å². The smallest absolute Gasteiger partial charge is 0.0910 e. The lowest BCUT2D eigenvalue weighted by Gasteiger charge is -2.22. The van der Waals surface area contributed by atoms with Crippen molar-refractivity contribution in [2.75, 3.05) is 6.61 Å². The molecule has 0 aliphatic carbocycles. The molecule has 3 aliphatic heterocycles. The van der Waals surface area contributed by atoms with E-state index in [0.29, 0.717) is 18.6 Å². The minimum Gasteiger partial charge on any atom is -0.389 e. The summed E-state index contributed by atoms with van der Waals surface area (Å²) in [5.74, 6) is 6.36. The maximum Gasteiger partial charge on any atom is 0.0910 e. The summed E-state index contributed by atoms with van der Waals surface area (Å²) in [6.07, 6.45) is 13.5. The molecule has 0 saturated carbocycles. The van der Waals surface area contributed by atoms with Gasteiger partial charge in [0.1, 0.15) is 0 Å². The zero-order valence-corrected chi connectivity index (χ0v) is 16.3. The first-order valence-electron chi connectivity index (χ1n) is 10.8.